The van der Waals surface area contributed by atoms with Gasteiger partial charge in [-0.3, -0.25) is 4.90 Å². The third-order valence-corrected chi connectivity index (χ3v) is 4.51. The van der Waals surface area contributed by atoms with E-state index in [0.29, 0.717) is 22.1 Å². The molecule has 4 rings (SSSR count). The summed E-state index contributed by atoms with van der Waals surface area (Å²) in [6.07, 6.45) is 2.83. The van der Waals surface area contributed by atoms with Crippen LogP contribution in [0.25, 0.3) is 0 Å². The lowest BCUT2D eigenvalue weighted by Crippen LogP contribution is -2.52. The van der Waals surface area contributed by atoms with E-state index in [0.717, 1.165) is 12.3 Å². The van der Waals surface area contributed by atoms with Crippen LogP contribution in [0, 0.1) is 5.92 Å². The molecule has 0 amide bonds. The van der Waals surface area contributed by atoms with Crippen LogP contribution in [0.4, 0.5) is 0 Å². The number of hydrogen-bond acceptors (Lipinski definition) is 2. The SMILES string of the molecule is Clc1ccc(OC2CN3CCC2CC3)cc1Cl. The Morgan fingerprint density at radius 2 is 1.88 bits per heavy atom. The van der Waals surface area contributed by atoms with Crippen LogP contribution in [0.15, 0.2) is 18.2 Å². The van der Waals surface area contributed by atoms with E-state index >= 15 is 0 Å². The number of ether oxygens (including phenoxy) is 1. The number of hydrogen-bond donors (Lipinski definition) is 0. The van der Waals surface area contributed by atoms with E-state index in [9.17, 15) is 0 Å². The van der Waals surface area contributed by atoms with Crippen molar-refractivity contribution in [2.75, 3.05) is 19.6 Å². The Kier molecular flexibility index (Phi) is 3.20. The Labute approximate surface area is 111 Å². The molecule has 0 aliphatic carbocycles. The lowest BCUT2D eigenvalue weighted by molar-refractivity contribution is -0.00775. The highest BCUT2D eigenvalue weighted by atomic mass is 35.5. The predicted molar refractivity (Wildman–Crippen MR) is 70.0 cm³/mol. The lowest BCUT2D eigenvalue weighted by atomic mass is 9.86. The van der Waals surface area contributed by atoms with Gasteiger partial charge in [-0.05, 0) is 44.0 Å². The maximum Gasteiger partial charge on any atom is 0.121 e. The summed E-state index contributed by atoms with van der Waals surface area (Å²) in [5.41, 5.74) is 0. The van der Waals surface area contributed by atoms with Crippen molar-refractivity contribution in [3.63, 3.8) is 0 Å². The predicted octanol–water partition coefficient (Wildman–Crippen LogP) is 3.47. The summed E-state index contributed by atoms with van der Waals surface area (Å²) in [5.74, 6) is 1.53. The number of nitrogens with zero attached hydrogens (tertiary/aromatic N) is 1. The second kappa shape index (κ2) is 4.68. The fourth-order valence-electron chi connectivity index (χ4n) is 2.77. The van der Waals surface area contributed by atoms with Gasteiger partial charge >= 0.3 is 0 Å². The minimum atomic E-state index is 0.315. The third kappa shape index (κ3) is 2.40. The molecule has 0 saturated carbocycles. The summed E-state index contributed by atoms with van der Waals surface area (Å²) >= 11 is 11.9. The Morgan fingerprint density at radius 3 is 2.47 bits per heavy atom. The largest absolute Gasteiger partial charge is 0.489 e. The summed E-state index contributed by atoms with van der Waals surface area (Å²) in [7, 11) is 0. The molecule has 92 valence electrons. The molecule has 3 aliphatic heterocycles. The molecule has 2 bridgehead atoms. The molecule has 0 aromatic heterocycles. The highest BCUT2D eigenvalue weighted by molar-refractivity contribution is 6.42. The second-order valence-corrected chi connectivity index (χ2v) is 5.68. The van der Waals surface area contributed by atoms with Gasteiger partial charge in [0.25, 0.3) is 0 Å². The van der Waals surface area contributed by atoms with Crippen LogP contribution in [0.1, 0.15) is 12.8 Å². The molecule has 3 fully saturated rings. The van der Waals surface area contributed by atoms with Crippen molar-refractivity contribution in [3.8, 4) is 5.75 Å². The Bertz CT molecular complexity index is 416. The van der Waals surface area contributed by atoms with E-state index in [4.69, 9.17) is 27.9 Å². The summed E-state index contributed by atoms with van der Waals surface area (Å²) in [5, 5.41) is 1.14. The van der Waals surface area contributed by atoms with Crippen molar-refractivity contribution < 1.29 is 4.74 Å². The van der Waals surface area contributed by atoms with Gasteiger partial charge in [0.15, 0.2) is 0 Å². The zero-order valence-electron chi connectivity index (χ0n) is 9.53. The summed E-state index contributed by atoms with van der Waals surface area (Å²) < 4.78 is 6.04. The molecule has 3 heterocycles. The third-order valence-electron chi connectivity index (χ3n) is 3.77. The van der Waals surface area contributed by atoms with E-state index in [-0.39, 0.29) is 0 Å². The van der Waals surface area contributed by atoms with Gasteiger partial charge in [0, 0.05) is 12.6 Å². The molecule has 17 heavy (non-hydrogen) atoms. The van der Waals surface area contributed by atoms with Crippen molar-refractivity contribution in [1.82, 2.24) is 4.90 Å². The van der Waals surface area contributed by atoms with Crippen LogP contribution < -0.4 is 4.74 Å². The molecule has 1 aromatic carbocycles. The van der Waals surface area contributed by atoms with E-state index < -0.39 is 0 Å². The van der Waals surface area contributed by atoms with Crippen molar-refractivity contribution in [3.05, 3.63) is 28.2 Å². The van der Waals surface area contributed by atoms with E-state index in [1.807, 2.05) is 12.1 Å². The van der Waals surface area contributed by atoms with Crippen LogP contribution >= 0.6 is 23.2 Å². The van der Waals surface area contributed by atoms with Crippen molar-refractivity contribution in [1.29, 1.82) is 0 Å². The van der Waals surface area contributed by atoms with Gasteiger partial charge in [-0.2, -0.15) is 0 Å². The molecule has 1 atom stereocenters. The quantitative estimate of drug-likeness (QED) is 0.817. The first-order valence-corrected chi connectivity index (χ1v) is 6.82. The minimum absolute atomic E-state index is 0.315. The molecule has 2 nitrogen and oxygen atoms in total. The van der Waals surface area contributed by atoms with Gasteiger partial charge in [-0.25, -0.2) is 0 Å². The molecule has 1 aromatic rings. The van der Waals surface area contributed by atoms with E-state index in [1.54, 1.807) is 6.07 Å². The van der Waals surface area contributed by atoms with Crippen molar-refractivity contribution in [2.45, 2.75) is 18.9 Å². The smallest absolute Gasteiger partial charge is 0.121 e. The minimum Gasteiger partial charge on any atom is -0.489 e. The summed E-state index contributed by atoms with van der Waals surface area (Å²) in [6, 6.07) is 5.49. The van der Waals surface area contributed by atoms with Crippen molar-refractivity contribution in [2.24, 2.45) is 5.92 Å². The van der Waals surface area contributed by atoms with Crippen LogP contribution in [0.3, 0.4) is 0 Å². The fourth-order valence-corrected chi connectivity index (χ4v) is 3.06. The molecular weight excluding hydrogens is 257 g/mol. The lowest BCUT2D eigenvalue weighted by Gasteiger charge is -2.44. The highest BCUT2D eigenvalue weighted by Gasteiger charge is 2.35. The first-order valence-electron chi connectivity index (χ1n) is 6.06. The Morgan fingerprint density at radius 1 is 1.12 bits per heavy atom. The van der Waals surface area contributed by atoms with Crippen LogP contribution in [0.2, 0.25) is 10.0 Å². The highest BCUT2D eigenvalue weighted by Crippen LogP contribution is 2.32. The zero-order chi connectivity index (χ0) is 11.8. The van der Waals surface area contributed by atoms with Crippen LogP contribution in [-0.2, 0) is 0 Å². The molecule has 3 aliphatic rings. The number of piperidine rings is 3. The molecular formula is C13H15Cl2NO. The van der Waals surface area contributed by atoms with Gasteiger partial charge in [-0.15, -0.1) is 0 Å². The van der Waals surface area contributed by atoms with Gasteiger partial charge in [-0.1, -0.05) is 23.2 Å². The first-order chi connectivity index (χ1) is 8.22. The summed E-state index contributed by atoms with van der Waals surface area (Å²) in [4.78, 5) is 2.47. The van der Waals surface area contributed by atoms with Crippen LogP contribution in [-0.4, -0.2) is 30.6 Å². The molecule has 0 N–H and O–H groups in total. The molecule has 0 radical (unpaired) electrons. The zero-order valence-corrected chi connectivity index (χ0v) is 11.0. The van der Waals surface area contributed by atoms with Gasteiger partial charge in [0.2, 0.25) is 0 Å². The molecule has 1 unspecified atom stereocenters. The second-order valence-electron chi connectivity index (χ2n) is 4.87. The number of halogens is 2. The van der Waals surface area contributed by atoms with Gasteiger partial charge in [0.1, 0.15) is 11.9 Å². The number of rotatable bonds is 2. The summed E-state index contributed by atoms with van der Waals surface area (Å²) in [6.45, 7) is 3.50. The van der Waals surface area contributed by atoms with Crippen molar-refractivity contribution >= 4 is 23.2 Å². The molecule has 3 saturated heterocycles. The topological polar surface area (TPSA) is 12.5 Å². The number of benzene rings is 1. The standard InChI is InChI=1S/C13H15Cl2NO/c14-11-2-1-10(7-12(11)15)17-13-8-16-5-3-9(13)4-6-16/h1-2,7,9,13H,3-6,8H2. The first kappa shape index (κ1) is 11.6. The van der Waals surface area contributed by atoms with E-state index in [2.05, 4.69) is 4.90 Å². The normalized spacial score (nSPS) is 31.5. The van der Waals surface area contributed by atoms with Crippen LogP contribution in [0.5, 0.6) is 5.75 Å². The average molecular weight is 272 g/mol. The van der Waals surface area contributed by atoms with Gasteiger partial charge in [0.05, 0.1) is 10.0 Å². The fraction of sp³-hybridized carbons (Fsp3) is 0.538. The molecule has 4 heteroatoms. The maximum atomic E-state index is 6.04. The molecule has 0 spiro atoms. The Balaban J connectivity index is 1.72. The maximum absolute atomic E-state index is 6.04. The van der Waals surface area contributed by atoms with E-state index in [1.165, 1.54) is 25.9 Å². The number of fused-ring (bicyclic) bond motifs is 3. The van der Waals surface area contributed by atoms with Gasteiger partial charge < -0.3 is 4.74 Å². The Hall–Kier alpha value is -0.440. The monoisotopic (exact) mass is 271 g/mol. The average Bonchev–Trinajstić information content (AvgIpc) is 2.35.